The summed E-state index contributed by atoms with van der Waals surface area (Å²) >= 11 is 1.99. The number of anilines is 2. The van der Waals surface area contributed by atoms with Gasteiger partial charge in [-0.15, -0.1) is 0 Å². The molecule has 2 N–H and O–H groups in total. The highest BCUT2D eigenvalue weighted by Crippen LogP contribution is 2.46. The van der Waals surface area contributed by atoms with E-state index in [1.807, 2.05) is 11.8 Å². The molecule has 174 valence electrons. The van der Waals surface area contributed by atoms with Crippen LogP contribution in [0.15, 0.2) is 34.9 Å². The zero-order valence-electron chi connectivity index (χ0n) is 19.2. The fourth-order valence-corrected chi connectivity index (χ4v) is 6.12. The second-order valence-corrected chi connectivity index (χ2v) is 10.2. The molecule has 5 nitrogen and oxygen atoms in total. The number of allylic oxidation sites excluding steroid dienone is 1. The highest BCUT2D eigenvalue weighted by Gasteiger charge is 2.38. The molecule has 3 atom stereocenters. The third-order valence-corrected chi connectivity index (χ3v) is 8.20. The van der Waals surface area contributed by atoms with Crippen molar-refractivity contribution in [3.8, 4) is 0 Å². The number of thioether (sulfide) groups is 1. The molecule has 4 aliphatic rings. The van der Waals surface area contributed by atoms with Gasteiger partial charge in [0.15, 0.2) is 5.25 Å². The topological polar surface area (TPSA) is 39.8 Å². The number of nitrogens with one attached hydrogen (secondary N) is 2. The molecular formula is C25H35ClN4OS. The average molecular weight is 475 g/mol. The normalized spacial score (nSPS) is 25.9. The van der Waals surface area contributed by atoms with Crippen LogP contribution in [0.3, 0.4) is 0 Å². The second-order valence-electron chi connectivity index (χ2n) is 9.00. The average Bonchev–Trinajstić information content (AvgIpc) is 3.11. The van der Waals surface area contributed by atoms with Crippen molar-refractivity contribution in [1.29, 1.82) is 0 Å². The van der Waals surface area contributed by atoms with Gasteiger partial charge >= 0.3 is 0 Å². The largest absolute Gasteiger partial charge is 1.00 e. The van der Waals surface area contributed by atoms with Gasteiger partial charge in [0.25, 0.3) is 5.70 Å². The summed E-state index contributed by atoms with van der Waals surface area (Å²) in [6.45, 7) is 12.6. The maximum atomic E-state index is 5.54. The quantitative estimate of drug-likeness (QED) is 0.630. The molecule has 0 aromatic heterocycles. The van der Waals surface area contributed by atoms with Gasteiger partial charge < -0.3 is 37.6 Å². The van der Waals surface area contributed by atoms with Crippen LogP contribution in [-0.4, -0.2) is 68.7 Å². The smallest absolute Gasteiger partial charge is 0.260 e. The molecule has 7 heteroatoms. The van der Waals surface area contributed by atoms with Gasteiger partial charge in [0.2, 0.25) is 0 Å². The van der Waals surface area contributed by atoms with Gasteiger partial charge in [-0.05, 0) is 43.0 Å². The number of nitrogens with zero attached hydrogens (tertiary/aromatic N) is 2. The molecule has 2 saturated heterocycles. The van der Waals surface area contributed by atoms with Gasteiger partial charge in [0.05, 0.1) is 25.0 Å². The molecule has 0 saturated carbocycles. The van der Waals surface area contributed by atoms with E-state index in [4.69, 9.17) is 4.74 Å². The van der Waals surface area contributed by atoms with Crippen molar-refractivity contribution in [3.05, 3.63) is 41.6 Å². The summed E-state index contributed by atoms with van der Waals surface area (Å²) in [6.07, 6.45) is 10.8. The van der Waals surface area contributed by atoms with E-state index < -0.39 is 0 Å². The van der Waals surface area contributed by atoms with Gasteiger partial charge in [-0.2, -0.15) is 0 Å². The molecule has 0 bridgehead atoms. The van der Waals surface area contributed by atoms with Crippen molar-refractivity contribution in [3.63, 3.8) is 0 Å². The Labute approximate surface area is 203 Å². The lowest BCUT2D eigenvalue weighted by atomic mass is 9.94. The summed E-state index contributed by atoms with van der Waals surface area (Å²) in [5.74, 6) is 0.541. The first-order chi connectivity index (χ1) is 15.2. The number of benzene rings is 1. The monoisotopic (exact) mass is 474 g/mol. The van der Waals surface area contributed by atoms with E-state index in [0.717, 1.165) is 58.9 Å². The predicted molar refractivity (Wildman–Crippen MR) is 130 cm³/mol. The van der Waals surface area contributed by atoms with Gasteiger partial charge in [-0.25, -0.2) is 0 Å². The van der Waals surface area contributed by atoms with E-state index in [0.29, 0.717) is 17.2 Å². The fourth-order valence-electron chi connectivity index (χ4n) is 4.87. The first kappa shape index (κ1) is 23.7. The number of halogens is 1. The molecule has 0 amide bonds. The summed E-state index contributed by atoms with van der Waals surface area (Å²) in [6, 6.07) is 5.19. The van der Waals surface area contributed by atoms with E-state index >= 15 is 0 Å². The van der Waals surface area contributed by atoms with Crippen LogP contribution in [0.25, 0.3) is 0 Å². The van der Waals surface area contributed by atoms with Crippen molar-refractivity contribution < 1.29 is 17.1 Å². The van der Waals surface area contributed by atoms with Crippen LogP contribution in [0.1, 0.15) is 38.2 Å². The molecular weight excluding hydrogens is 440 g/mol. The summed E-state index contributed by atoms with van der Waals surface area (Å²) in [5, 5.41) is 7.74. The van der Waals surface area contributed by atoms with Crippen molar-refractivity contribution in [2.45, 2.75) is 48.8 Å². The summed E-state index contributed by atoms with van der Waals surface area (Å²) < 4.78 is 5.54. The Morgan fingerprint density at radius 3 is 2.81 bits per heavy atom. The number of fused-ring (bicyclic) bond motifs is 2. The van der Waals surface area contributed by atoms with E-state index in [9.17, 15) is 0 Å². The number of morpholine rings is 1. The van der Waals surface area contributed by atoms with E-state index in [2.05, 4.69) is 64.6 Å². The van der Waals surface area contributed by atoms with Crippen molar-refractivity contribution in [2.24, 2.45) is 0 Å². The molecule has 3 unspecified atom stereocenters. The fraction of sp³-hybridized carbons (Fsp3) is 0.600. The lowest BCUT2D eigenvalue weighted by Gasteiger charge is -2.34. The van der Waals surface area contributed by atoms with Crippen molar-refractivity contribution in [1.82, 2.24) is 10.2 Å². The number of hydrogen-bond donors (Lipinski definition) is 2. The predicted octanol–water partition coefficient (Wildman–Crippen LogP) is 0.848. The van der Waals surface area contributed by atoms with Gasteiger partial charge in [-0.1, -0.05) is 25.6 Å². The Morgan fingerprint density at radius 2 is 2.00 bits per heavy atom. The SMILES string of the molecule is CCC(C)c1cc(N2CCCNCC2)cc2c1NC1C=CC(N3CCOCC3)=[C+]C1S2.[Cl-]. The van der Waals surface area contributed by atoms with Crippen LogP contribution < -0.4 is 27.9 Å². The molecule has 0 spiro atoms. The maximum Gasteiger partial charge on any atom is 0.260 e. The first-order valence-corrected chi connectivity index (χ1v) is 12.8. The highest BCUT2D eigenvalue weighted by molar-refractivity contribution is 8.00. The molecule has 0 radical (unpaired) electrons. The van der Waals surface area contributed by atoms with Crippen LogP contribution in [0, 0.1) is 6.08 Å². The minimum absolute atomic E-state index is 0. The molecule has 1 aliphatic carbocycles. The third kappa shape index (κ3) is 4.90. The molecule has 3 aliphatic heterocycles. The lowest BCUT2D eigenvalue weighted by Crippen LogP contribution is -3.00. The minimum atomic E-state index is 0. The zero-order valence-corrected chi connectivity index (χ0v) is 20.8. The highest BCUT2D eigenvalue weighted by atomic mass is 35.5. The molecule has 3 heterocycles. The second kappa shape index (κ2) is 10.7. The van der Waals surface area contributed by atoms with Crippen molar-refractivity contribution >= 4 is 23.1 Å². The molecule has 1 aromatic carbocycles. The van der Waals surface area contributed by atoms with Crippen LogP contribution in [-0.2, 0) is 4.74 Å². The molecule has 5 rings (SSSR count). The minimum Gasteiger partial charge on any atom is -1.00 e. The standard InChI is InChI=1S/C25H35N4OS.ClH/c1-3-18(2)21-15-20(28-9-4-7-26-8-10-28)17-24-25(21)27-22-6-5-19(16-23(22)31-24)29-11-13-30-14-12-29;/h5-6,15,17-18,22-23,26-27H,3-4,7-14H2,1-2H3;1H/q+1;/p-1. The van der Waals surface area contributed by atoms with Crippen LogP contribution in [0.2, 0.25) is 0 Å². The Kier molecular flexibility index (Phi) is 7.91. The molecule has 1 aromatic rings. The van der Waals surface area contributed by atoms with Crippen LogP contribution >= 0.6 is 11.8 Å². The molecule has 2 fully saturated rings. The molecule has 32 heavy (non-hydrogen) atoms. The van der Waals surface area contributed by atoms with Crippen molar-refractivity contribution in [2.75, 3.05) is 62.7 Å². The maximum absolute atomic E-state index is 5.54. The van der Waals surface area contributed by atoms with Crippen LogP contribution in [0.4, 0.5) is 11.4 Å². The van der Waals surface area contributed by atoms with E-state index in [1.165, 1.54) is 34.0 Å². The third-order valence-electron chi connectivity index (χ3n) is 6.96. The van der Waals surface area contributed by atoms with E-state index in [1.54, 1.807) is 0 Å². The van der Waals surface area contributed by atoms with E-state index in [-0.39, 0.29) is 12.4 Å². The summed E-state index contributed by atoms with van der Waals surface area (Å²) in [7, 11) is 0. The van der Waals surface area contributed by atoms with Gasteiger partial charge in [0.1, 0.15) is 12.1 Å². The number of hydrogen-bond acceptors (Lipinski definition) is 6. The Morgan fingerprint density at radius 1 is 1.16 bits per heavy atom. The summed E-state index contributed by atoms with van der Waals surface area (Å²) in [5.41, 5.74) is 5.43. The Bertz CT molecular complexity index is 847. The Hall–Kier alpha value is -1.43. The number of rotatable bonds is 4. The van der Waals surface area contributed by atoms with Crippen LogP contribution in [0.5, 0.6) is 0 Å². The summed E-state index contributed by atoms with van der Waals surface area (Å²) in [4.78, 5) is 6.37. The first-order valence-electron chi connectivity index (χ1n) is 11.9. The zero-order chi connectivity index (χ0) is 21.2. The van der Waals surface area contributed by atoms with Gasteiger partial charge in [0, 0.05) is 49.4 Å². The lowest BCUT2D eigenvalue weighted by molar-refractivity contribution is -0.00000723. The van der Waals surface area contributed by atoms with Gasteiger partial charge in [-0.3, -0.25) is 0 Å². The number of ether oxygens (including phenoxy) is 1. The Balaban J connectivity index is 0.00000245.